The van der Waals surface area contributed by atoms with Crippen molar-refractivity contribution in [2.24, 2.45) is 0 Å². The van der Waals surface area contributed by atoms with Crippen molar-refractivity contribution >= 4 is 0 Å². The topological polar surface area (TPSA) is 77.4 Å². The maximum absolute atomic E-state index is 10.7. The van der Waals surface area contributed by atoms with Crippen LogP contribution in [0.15, 0.2) is 109 Å². The number of aromatic hydroxyl groups is 2. The molecule has 0 fully saturated rings. The largest absolute Gasteiger partial charge is 0.504 e. The number of ether oxygens (including phenoxy) is 4. The fraction of sp³-hybridized carbons (Fsp3) is 0.118. The van der Waals surface area contributed by atoms with Gasteiger partial charge in [0.15, 0.2) is 23.0 Å². The summed E-state index contributed by atoms with van der Waals surface area (Å²) < 4.78 is 23.1. The number of methoxy groups -OCH3 is 2. The van der Waals surface area contributed by atoms with Crippen LogP contribution in [0.4, 0.5) is 0 Å². The van der Waals surface area contributed by atoms with Crippen molar-refractivity contribution in [1.82, 2.24) is 0 Å². The molecule has 0 saturated carbocycles. The second kappa shape index (κ2) is 12.2. The minimum atomic E-state index is 0.0227. The van der Waals surface area contributed by atoms with E-state index in [4.69, 9.17) is 18.9 Å². The molecule has 5 rings (SSSR count). The molecule has 0 saturated heterocycles. The molecular weight excluding hydrogens is 504 g/mol. The monoisotopic (exact) mass is 534 g/mol. The lowest BCUT2D eigenvalue weighted by Crippen LogP contribution is -1.97. The van der Waals surface area contributed by atoms with Gasteiger partial charge in [-0.3, -0.25) is 0 Å². The predicted molar refractivity (Wildman–Crippen MR) is 155 cm³/mol. The molecular formula is C34H30O6. The van der Waals surface area contributed by atoms with Crippen LogP contribution in [-0.2, 0) is 13.2 Å². The van der Waals surface area contributed by atoms with Gasteiger partial charge in [-0.1, -0.05) is 72.8 Å². The van der Waals surface area contributed by atoms with Crippen LogP contribution in [0.1, 0.15) is 11.1 Å². The number of phenolic OH excluding ortho intramolecular Hbond substituents is 2. The first-order valence-electron chi connectivity index (χ1n) is 12.8. The van der Waals surface area contributed by atoms with Crippen LogP contribution in [0.3, 0.4) is 0 Å². The molecule has 2 N–H and O–H groups in total. The summed E-state index contributed by atoms with van der Waals surface area (Å²) in [5, 5.41) is 21.4. The number of phenols is 2. The quantitative estimate of drug-likeness (QED) is 0.192. The van der Waals surface area contributed by atoms with Crippen molar-refractivity contribution in [1.29, 1.82) is 0 Å². The number of benzene rings is 5. The normalized spacial score (nSPS) is 10.7. The van der Waals surface area contributed by atoms with Crippen LogP contribution in [0.5, 0.6) is 34.5 Å². The van der Waals surface area contributed by atoms with Crippen LogP contribution >= 0.6 is 0 Å². The Labute approximate surface area is 233 Å². The Morgan fingerprint density at radius 1 is 0.475 bits per heavy atom. The first kappa shape index (κ1) is 26.5. The maximum Gasteiger partial charge on any atom is 0.161 e. The molecule has 6 nitrogen and oxygen atoms in total. The summed E-state index contributed by atoms with van der Waals surface area (Å²) in [6, 6.07) is 33.7. The Hall–Kier alpha value is -5.10. The van der Waals surface area contributed by atoms with Gasteiger partial charge in [-0.15, -0.1) is 0 Å². The molecule has 202 valence electrons. The zero-order chi connectivity index (χ0) is 27.9. The number of rotatable bonds is 10. The molecule has 0 radical (unpaired) electrons. The Kier molecular flexibility index (Phi) is 8.07. The van der Waals surface area contributed by atoms with Crippen molar-refractivity contribution in [3.8, 4) is 56.8 Å². The molecule has 5 aromatic carbocycles. The van der Waals surface area contributed by atoms with Gasteiger partial charge in [-0.2, -0.15) is 0 Å². The first-order valence-corrected chi connectivity index (χ1v) is 12.8. The average Bonchev–Trinajstić information content (AvgIpc) is 3.00. The minimum absolute atomic E-state index is 0.0227. The summed E-state index contributed by atoms with van der Waals surface area (Å²) in [7, 11) is 3.18. The predicted octanol–water partition coefficient (Wildman–Crippen LogP) is 7.61. The summed E-state index contributed by atoms with van der Waals surface area (Å²) in [5.41, 5.74) is 4.96. The smallest absolute Gasteiger partial charge is 0.161 e. The first-order chi connectivity index (χ1) is 19.6. The second-order valence-electron chi connectivity index (χ2n) is 9.17. The van der Waals surface area contributed by atoms with Crippen molar-refractivity contribution in [2.75, 3.05) is 14.2 Å². The van der Waals surface area contributed by atoms with E-state index < -0.39 is 0 Å². The molecule has 0 heterocycles. The third-order valence-electron chi connectivity index (χ3n) is 6.54. The minimum Gasteiger partial charge on any atom is -0.504 e. The van der Waals surface area contributed by atoms with E-state index in [0.717, 1.165) is 33.4 Å². The average molecular weight is 535 g/mol. The molecule has 0 amide bonds. The van der Waals surface area contributed by atoms with Crippen molar-refractivity contribution < 1.29 is 29.2 Å². The van der Waals surface area contributed by atoms with Gasteiger partial charge in [0.2, 0.25) is 0 Å². The Morgan fingerprint density at radius 2 is 0.875 bits per heavy atom. The standard InChI is InChI=1S/C34H30O6/c1-37-33-19-28(26-14-16-32(30(36)18-26)40-22-24-11-7-4-8-12-24)34(38-2)20-27(33)25-13-15-31(29(35)17-25)39-21-23-9-5-3-6-10-23/h3-20,35-36H,21-22H2,1-2H3. The van der Waals surface area contributed by atoms with E-state index in [1.165, 1.54) is 0 Å². The van der Waals surface area contributed by atoms with Gasteiger partial charge in [0.25, 0.3) is 0 Å². The van der Waals surface area contributed by atoms with E-state index in [-0.39, 0.29) is 11.5 Å². The fourth-order valence-electron chi connectivity index (χ4n) is 4.43. The van der Waals surface area contributed by atoms with Crippen LogP contribution in [0.2, 0.25) is 0 Å². The summed E-state index contributed by atoms with van der Waals surface area (Å²) in [6.07, 6.45) is 0. The fourth-order valence-corrected chi connectivity index (χ4v) is 4.43. The molecule has 5 aromatic rings. The molecule has 0 unspecified atom stereocenters. The summed E-state index contributed by atoms with van der Waals surface area (Å²) in [6.45, 7) is 0.699. The van der Waals surface area contributed by atoms with E-state index in [1.807, 2.05) is 84.9 Å². The van der Waals surface area contributed by atoms with E-state index in [1.54, 1.807) is 38.5 Å². The Bertz CT molecular complexity index is 1460. The lowest BCUT2D eigenvalue weighted by atomic mass is 9.97. The zero-order valence-electron chi connectivity index (χ0n) is 22.3. The SMILES string of the molecule is COc1cc(-c2ccc(OCc3ccccc3)c(O)c2)c(OC)cc1-c1ccc(OCc2ccccc2)c(O)c1. The molecule has 0 aliphatic carbocycles. The van der Waals surface area contributed by atoms with Gasteiger partial charge in [-0.05, 0) is 58.7 Å². The van der Waals surface area contributed by atoms with Gasteiger partial charge in [0, 0.05) is 11.1 Å². The lowest BCUT2D eigenvalue weighted by molar-refractivity contribution is 0.289. The van der Waals surface area contributed by atoms with Crippen LogP contribution in [-0.4, -0.2) is 24.4 Å². The van der Waals surface area contributed by atoms with Crippen LogP contribution < -0.4 is 18.9 Å². The maximum atomic E-state index is 10.7. The van der Waals surface area contributed by atoms with Gasteiger partial charge in [0.1, 0.15) is 24.7 Å². The highest BCUT2D eigenvalue weighted by atomic mass is 16.5. The lowest BCUT2D eigenvalue weighted by Gasteiger charge is -2.17. The van der Waals surface area contributed by atoms with E-state index >= 15 is 0 Å². The molecule has 0 aliphatic rings. The number of hydrogen-bond donors (Lipinski definition) is 2. The van der Waals surface area contributed by atoms with Crippen molar-refractivity contribution in [3.05, 3.63) is 120 Å². The molecule has 40 heavy (non-hydrogen) atoms. The van der Waals surface area contributed by atoms with Gasteiger partial charge < -0.3 is 29.2 Å². The van der Waals surface area contributed by atoms with E-state index in [0.29, 0.717) is 36.2 Å². The highest BCUT2D eigenvalue weighted by Crippen LogP contribution is 2.44. The summed E-state index contributed by atoms with van der Waals surface area (Å²) in [4.78, 5) is 0. The van der Waals surface area contributed by atoms with Crippen molar-refractivity contribution in [3.63, 3.8) is 0 Å². The van der Waals surface area contributed by atoms with Crippen molar-refractivity contribution in [2.45, 2.75) is 13.2 Å². The second-order valence-corrected chi connectivity index (χ2v) is 9.17. The molecule has 0 spiro atoms. The molecule has 0 aromatic heterocycles. The highest BCUT2D eigenvalue weighted by Gasteiger charge is 2.17. The van der Waals surface area contributed by atoms with Gasteiger partial charge >= 0.3 is 0 Å². The van der Waals surface area contributed by atoms with Gasteiger partial charge in [0.05, 0.1) is 14.2 Å². The Balaban J connectivity index is 1.39. The van der Waals surface area contributed by atoms with Gasteiger partial charge in [-0.25, -0.2) is 0 Å². The molecule has 0 atom stereocenters. The summed E-state index contributed by atoms with van der Waals surface area (Å²) in [5.74, 6) is 1.98. The zero-order valence-corrected chi connectivity index (χ0v) is 22.3. The molecule has 6 heteroatoms. The van der Waals surface area contributed by atoms with E-state index in [9.17, 15) is 10.2 Å². The van der Waals surface area contributed by atoms with E-state index in [2.05, 4.69) is 0 Å². The van der Waals surface area contributed by atoms with Crippen LogP contribution in [0, 0.1) is 0 Å². The Morgan fingerprint density at radius 3 is 1.23 bits per heavy atom. The molecule has 0 aliphatic heterocycles. The van der Waals surface area contributed by atoms with Crippen LogP contribution in [0.25, 0.3) is 22.3 Å². The number of hydrogen-bond acceptors (Lipinski definition) is 6. The highest BCUT2D eigenvalue weighted by molar-refractivity contribution is 5.82. The third kappa shape index (κ3) is 5.97. The summed E-state index contributed by atoms with van der Waals surface area (Å²) >= 11 is 0. The molecule has 0 bridgehead atoms. The third-order valence-corrected chi connectivity index (χ3v) is 6.54.